The maximum Gasteiger partial charge on any atom is 0.130 e. The zero-order valence-electron chi connectivity index (χ0n) is 5.66. The Morgan fingerprint density at radius 1 is 1.73 bits per heavy atom. The molecule has 1 rings (SSSR count). The zero-order chi connectivity index (χ0) is 8.10. The summed E-state index contributed by atoms with van der Waals surface area (Å²) in [6, 6.07) is 3.51. The number of pyridine rings is 1. The van der Waals surface area contributed by atoms with Crippen LogP contribution in [0.2, 0.25) is 5.02 Å². The summed E-state index contributed by atoms with van der Waals surface area (Å²) in [4.78, 5) is 14.0. The topological polar surface area (TPSA) is 30.0 Å². The van der Waals surface area contributed by atoms with E-state index in [-0.39, 0.29) is 0 Å². The van der Waals surface area contributed by atoms with Crippen LogP contribution in [-0.2, 0) is 4.79 Å². The SMILES string of the molecule is O=CCSc1ncccc1Cl. The molecule has 0 amide bonds. The fourth-order valence-electron chi connectivity index (χ4n) is 0.590. The lowest BCUT2D eigenvalue weighted by Crippen LogP contribution is -1.83. The van der Waals surface area contributed by atoms with Crippen molar-refractivity contribution in [2.75, 3.05) is 5.75 Å². The van der Waals surface area contributed by atoms with Crippen molar-refractivity contribution in [2.24, 2.45) is 0 Å². The predicted octanol–water partition coefficient (Wildman–Crippen LogP) is 2.03. The lowest BCUT2D eigenvalue weighted by molar-refractivity contribution is -0.105. The number of nitrogens with zero attached hydrogens (tertiary/aromatic N) is 1. The minimum atomic E-state index is 0.400. The highest BCUT2D eigenvalue weighted by molar-refractivity contribution is 7.99. The number of aromatic nitrogens is 1. The van der Waals surface area contributed by atoms with E-state index in [1.54, 1.807) is 18.3 Å². The third kappa shape index (κ3) is 2.52. The summed E-state index contributed by atoms with van der Waals surface area (Å²) >= 11 is 7.10. The van der Waals surface area contributed by atoms with Crippen molar-refractivity contribution >= 4 is 29.6 Å². The van der Waals surface area contributed by atoms with Crippen LogP contribution in [0.4, 0.5) is 0 Å². The van der Waals surface area contributed by atoms with Gasteiger partial charge in [-0.05, 0) is 12.1 Å². The monoisotopic (exact) mass is 187 g/mol. The minimum Gasteiger partial charge on any atom is -0.302 e. The van der Waals surface area contributed by atoms with Crippen molar-refractivity contribution in [3.05, 3.63) is 23.4 Å². The molecule has 0 bridgehead atoms. The molecule has 0 spiro atoms. The first kappa shape index (κ1) is 8.56. The van der Waals surface area contributed by atoms with E-state index in [2.05, 4.69) is 4.98 Å². The van der Waals surface area contributed by atoms with Gasteiger partial charge in [0.1, 0.15) is 11.3 Å². The maximum absolute atomic E-state index is 10.00. The molecule has 1 aromatic heterocycles. The molecule has 0 unspecified atom stereocenters. The summed E-state index contributed by atoms with van der Waals surface area (Å²) in [5.41, 5.74) is 0. The molecular weight excluding hydrogens is 182 g/mol. The predicted molar refractivity (Wildman–Crippen MR) is 46.0 cm³/mol. The number of hydrogen-bond donors (Lipinski definition) is 0. The molecule has 0 N–H and O–H groups in total. The van der Waals surface area contributed by atoms with E-state index in [0.717, 1.165) is 6.29 Å². The second kappa shape index (κ2) is 4.36. The van der Waals surface area contributed by atoms with Crippen LogP contribution in [0.3, 0.4) is 0 Å². The van der Waals surface area contributed by atoms with Crippen LogP contribution >= 0.6 is 23.4 Å². The van der Waals surface area contributed by atoms with E-state index in [9.17, 15) is 4.79 Å². The molecule has 2 nitrogen and oxygen atoms in total. The highest BCUT2D eigenvalue weighted by Crippen LogP contribution is 2.22. The molecule has 4 heteroatoms. The van der Waals surface area contributed by atoms with Gasteiger partial charge in [-0.1, -0.05) is 23.4 Å². The molecular formula is C7H6ClNOS. The largest absolute Gasteiger partial charge is 0.302 e. The Bertz CT molecular complexity index is 254. The van der Waals surface area contributed by atoms with E-state index < -0.39 is 0 Å². The summed E-state index contributed by atoms with van der Waals surface area (Å²) in [6.07, 6.45) is 2.48. The Hall–Kier alpha value is -0.540. The Kier molecular flexibility index (Phi) is 3.39. The van der Waals surface area contributed by atoms with Gasteiger partial charge in [0.2, 0.25) is 0 Å². The third-order valence-corrected chi connectivity index (χ3v) is 2.33. The highest BCUT2D eigenvalue weighted by Gasteiger charge is 1.98. The van der Waals surface area contributed by atoms with Gasteiger partial charge in [-0.3, -0.25) is 0 Å². The van der Waals surface area contributed by atoms with E-state index in [0.29, 0.717) is 15.8 Å². The van der Waals surface area contributed by atoms with E-state index in [4.69, 9.17) is 11.6 Å². The molecule has 58 valence electrons. The van der Waals surface area contributed by atoms with Gasteiger partial charge >= 0.3 is 0 Å². The molecule has 0 saturated carbocycles. The normalized spacial score (nSPS) is 9.55. The first-order valence-corrected chi connectivity index (χ1v) is 4.38. The first-order valence-electron chi connectivity index (χ1n) is 3.01. The third-order valence-electron chi connectivity index (χ3n) is 1.01. The molecule has 0 saturated heterocycles. The Balaban J connectivity index is 2.69. The lowest BCUT2D eigenvalue weighted by Gasteiger charge is -1.97. The molecule has 0 atom stereocenters. The second-order valence-electron chi connectivity index (χ2n) is 1.77. The highest BCUT2D eigenvalue weighted by atomic mass is 35.5. The summed E-state index contributed by atoms with van der Waals surface area (Å²) in [7, 11) is 0. The van der Waals surface area contributed by atoms with Crippen molar-refractivity contribution in [2.45, 2.75) is 5.03 Å². The van der Waals surface area contributed by atoms with E-state index in [1.807, 2.05) is 0 Å². The average molecular weight is 188 g/mol. The lowest BCUT2D eigenvalue weighted by atomic mass is 10.5. The van der Waals surface area contributed by atoms with Gasteiger partial charge in [-0.15, -0.1) is 0 Å². The van der Waals surface area contributed by atoms with Crippen molar-refractivity contribution in [3.8, 4) is 0 Å². The molecule has 0 aromatic carbocycles. The van der Waals surface area contributed by atoms with Gasteiger partial charge in [-0.25, -0.2) is 4.98 Å². The number of hydrogen-bond acceptors (Lipinski definition) is 3. The average Bonchev–Trinajstić information content (AvgIpc) is 2.03. The number of carbonyl (C=O) groups excluding carboxylic acids is 1. The van der Waals surface area contributed by atoms with E-state index in [1.165, 1.54) is 11.8 Å². The van der Waals surface area contributed by atoms with Crippen molar-refractivity contribution in [1.82, 2.24) is 4.98 Å². The van der Waals surface area contributed by atoms with Crippen LogP contribution in [0.1, 0.15) is 0 Å². The van der Waals surface area contributed by atoms with Gasteiger partial charge in [0.15, 0.2) is 0 Å². The first-order chi connectivity index (χ1) is 5.34. The number of halogens is 1. The molecule has 11 heavy (non-hydrogen) atoms. The number of thioether (sulfide) groups is 1. The second-order valence-corrected chi connectivity index (χ2v) is 3.18. The number of carbonyl (C=O) groups is 1. The van der Waals surface area contributed by atoms with Gasteiger partial charge in [0.25, 0.3) is 0 Å². The van der Waals surface area contributed by atoms with Crippen LogP contribution in [-0.4, -0.2) is 17.0 Å². The Labute approximate surface area is 74.0 Å². The standard InChI is InChI=1S/C7H6ClNOS/c8-6-2-1-3-9-7(6)11-5-4-10/h1-4H,5H2. The van der Waals surface area contributed by atoms with Crippen LogP contribution in [0.5, 0.6) is 0 Å². The summed E-state index contributed by atoms with van der Waals surface area (Å²) < 4.78 is 0. The Morgan fingerprint density at radius 2 is 2.55 bits per heavy atom. The van der Waals surface area contributed by atoms with Crippen LogP contribution in [0.15, 0.2) is 23.4 Å². The molecule has 0 radical (unpaired) electrons. The number of aldehydes is 1. The van der Waals surface area contributed by atoms with Gasteiger partial charge in [-0.2, -0.15) is 0 Å². The minimum absolute atomic E-state index is 0.400. The van der Waals surface area contributed by atoms with Crippen molar-refractivity contribution < 1.29 is 4.79 Å². The fourth-order valence-corrected chi connectivity index (χ4v) is 1.44. The summed E-state index contributed by atoms with van der Waals surface area (Å²) in [5, 5.41) is 1.31. The van der Waals surface area contributed by atoms with Crippen LogP contribution in [0, 0.1) is 0 Å². The van der Waals surface area contributed by atoms with Gasteiger partial charge < -0.3 is 4.79 Å². The molecule has 1 aromatic rings. The molecule has 0 aliphatic rings. The molecule has 1 heterocycles. The van der Waals surface area contributed by atoms with Crippen molar-refractivity contribution in [1.29, 1.82) is 0 Å². The number of rotatable bonds is 3. The van der Waals surface area contributed by atoms with E-state index >= 15 is 0 Å². The molecule has 0 aliphatic heterocycles. The smallest absolute Gasteiger partial charge is 0.130 e. The van der Waals surface area contributed by atoms with Crippen LogP contribution < -0.4 is 0 Å². The fraction of sp³-hybridized carbons (Fsp3) is 0.143. The van der Waals surface area contributed by atoms with Gasteiger partial charge in [0, 0.05) is 6.20 Å². The molecule has 0 fully saturated rings. The van der Waals surface area contributed by atoms with Crippen LogP contribution in [0.25, 0.3) is 0 Å². The quantitative estimate of drug-likeness (QED) is 0.536. The molecule has 0 aliphatic carbocycles. The summed E-state index contributed by atoms with van der Waals surface area (Å²) in [6.45, 7) is 0. The van der Waals surface area contributed by atoms with Crippen molar-refractivity contribution in [3.63, 3.8) is 0 Å². The summed E-state index contributed by atoms with van der Waals surface area (Å²) in [5.74, 6) is 0.400. The van der Waals surface area contributed by atoms with Gasteiger partial charge in [0.05, 0.1) is 10.8 Å². The zero-order valence-corrected chi connectivity index (χ0v) is 7.23. The maximum atomic E-state index is 10.00. The Morgan fingerprint density at radius 3 is 3.18 bits per heavy atom.